The highest BCUT2D eigenvalue weighted by Gasteiger charge is 2.49. The molecule has 1 saturated heterocycles. The van der Waals surface area contributed by atoms with E-state index in [0.717, 1.165) is 6.92 Å². The zero-order chi connectivity index (χ0) is 18.6. The van der Waals surface area contributed by atoms with Gasteiger partial charge in [0.25, 0.3) is 0 Å². The number of aliphatic hydroxyl groups excluding tert-OH is 2. The van der Waals surface area contributed by atoms with Crippen LogP contribution < -0.4 is 10.1 Å². The smallest absolute Gasteiger partial charge is 0.397 e. The first-order chi connectivity index (χ1) is 11.7. The van der Waals surface area contributed by atoms with Crippen molar-refractivity contribution in [1.29, 1.82) is 0 Å². The first-order valence-electron chi connectivity index (χ1n) is 7.30. The van der Waals surface area contributed by atoms with Crippen LogP contribution in [-0.4, -0.2) is 66.3 Å². The molecule has 1 aliphatic heterocycles. The van der Waals surface area contributed by atoms with E-state index in [1.165, 1.54) is 0 Å². The molecule has 10 nitrogen and oxygen atoms in total. The molecule has 11 heteroatoms. The van der Waals surface area contributed by atoms with Gasteiger partial charge in [0.15, 0.2) is 0 Å². The first kappa shape index (κ1) is 19.6. The second kappa shape index (κ2) is 8.08. The third-order valence-electron chi connectivity index (χ3n) is 3.45. The van der Waals surface area contributed by atoms with Crippen molar-refractivity contribution in [2.45, 2.75) is 37.6 Å². The lowest BCUT2D eigenvalue weighted by molar-refractivity contribution is -0.239. The Labute approximate surface area is 144 Å². The number of benzene rings is 1. The van der Waals surface area contributed by atoms with Gasteiger partial charge in [0.05, 0.1) is 6.61 Å². The maximum Gasteiger partial charge on any atom is 0.397 e. The number of hydrogen-bond acceptors (Lipinski definition) is 8. The summed E-state index contributed by atoms with van der Waals surface area (Å²) in [5.74, 6) is -0.240. The quantitative estimate of drug-likeness (QED) is 0.450. The number of aliphatic hydroxyl groups is 2. The highest BCUT2D eigenvalue weighted by Crippen LogP contribution is 2.27. The SMILES string of the molecule is CC(=O)N[C@H]1C(Oc2ccccc2)O[C@H](CO)[C@H](O)[C@@H]1OS(=O)(=O)O. The molecule has 1 aliphatic rings. The Morgan fingerprint density at radius 1 is 1.32 bits per heavy atom. The molecule has 1 fully saturated rings. The molecule has 140 valence electrons. The Kier molecular flexibility index (Phi) is 6.32. The minimum absolute atomic E-state index is 0.335. The normalized spacial score (nSPS) is 29.8. The van der Waals surface area contributed by atoms with Gasteiger partial charge in [-0.2, -0.15) is 8.42 Å². The molecule has 0 aromatic heterocycles. The molecule has 1 heterocycles. The van der Waals surface area contributed by atoms with Crippen molar-refractivity contribution < 1.29 is 41.6 Å². The predicted octanol–water partition coefficient (Wildman–Crippen LogP) is -1.16. The van der Waals surface area contributed by atoms with E-state index in [4.69, 9.17) is 14.0 Å². The summed E-state index contributed by atoms with van der Waals surface area (Å²) in [4.78, 5) is 11.5. The van der Waals surface area contributed by atoms with Crippen LogP contribution in [0.25, 0.3) is 0 Å². The van der Waals surface area contributed by atoms with Crippen LogP contribution in [0.15, 0.2) is 30.3 Å². The molecule has 25 heavy (non-hydrogen) atoms. The molecule has 0 radical (unpaired) electrons. The molecule has 1 amide bonds. The first-order valence-corrected chi connectivity index (χ1v) is 8.66. The summed E-state index contributed by atoms with van der Waals surface area (Å²) in [6.07, 6.45) is -5.85. The number of ether oxygens (including phenoxy) is 2. The molecular weight excluding hydrogens is 358 g/mol. The van der Waals surface area contributed by atoms with Gasteiger partial charge in [0.2, 0.25) is 12.2 Å². The van der Waals surface area contributed by atoms with Crippen molar-refractivity contribution in [2.24, 2.45) is 0 Å². The lowest BCUT2D eigenvalue weighted by Gasteiger charge is -2.43. The lowest BCUT2D eigenvalue weighted by Crippen LogP contribution is -2.66. The highest BCUT2D eigenvalue weighted by molar-refractivity contribution is 7.80. The van der Waals surface area contributed by atoms with Gasteiger partial charge in [-0.25, -0.2) is 4.18 Å². The number of hydrogen-bond donors (Lipinski definition) is 4. The summed E-state index contributed by atoms with van der Waals surface area (Å²) in [5.41, 5.74) is 0. The summed E-state index contributed by atoms with van der Waals surface area (Å²) >= 11 is 0. The zero-order valence-electron chi connectivity index (χ0n) is 13.2. The van der Waals surface area contributed by atoms with Crippen molar-refractivity contribution in [3.63, 3.8) is 0 Å². The second-order valence-corrected chi connectivity index (χ2v) is 6.41. The molecule has 0 saturated carbocycles. The van der Waals surface area contributed by atoms with Gasteiger partial charge in [0.1, 0.15) is 30.1 Å². The molecule has 0 bridgehead atoms. The Morgan fingerprint density at radius 2 is 1.96 bits per heavy atom. The number of para-hydroxylation sites is 1. The number of rotatable bonds is 6. The fourth-order valence-electron chi connectivity index (χ4n) is 2.44. The van der Waals surface area contributed by atoms with Crippen LogP contribution >= 0.6 is 0 Å². The minimum Gasteiger partial charge on any atom is -0.463 e. The van der Waals surface area contributed by atoms with Gasteiger partial charge >= 0.3 is 10.4 Å². The molecule has 1 aromatic carbocycles. The van der Waals surface area contributed by atoms with Crippen molar-refractivity contribution in [3.05, 3.63) is 30.3 Å². The second-order valence-electron chi connectivity index (χ2n) is 5.36. The third kappa shape index (κ3) is 5.36. The van der Waals surface area contributed by atoms with E-state index in [9.17, 15) is 23.4 Å². The van der Waals surface area contributed by atoms with E-state index < -0.39 is 53.6 Å². The topological polar surface area (TPSA) is 152 Å². The van der Waals surface area contributed by atoms with E-state index in [1.807, 2.05) is 0 Å². The van der Waals surface area contributed by atoms with Gasteiger partial charge in [0, 0.05) is 6.92 Å². The summed E-state index contributed by atoms with van der Waals surface area (Å²) in [7, 11) is -4.96. The van der Waals surface area contributed by atoms with Crippen LogP contribution in [-0.2, 0) is 24.1 Å². The number of amides is 1. The molecule has 4 N–H and O–H groups in total. The molecule has 0 spiro atoms. The predicted molar refractivity (Wildman–Crippen MR) is 82.8 cm³/mol. The maximum atomic E-state index is 11.5. The van der Waals surface area contributed by atoms with E-state index in [2.05, 4.69) is 9.50 Å². The van der Waals surface area contributed by atoms with Crippen molar-refractivity contribution in [3.8, 4) is 5.75 Å². The van der Waals surface area contributed by atoms with Crippen LogP contribution in [0, 0.1) is 0 Å². The molecular formula is C14H19NO9S. The van der Waals surface area contributed by atoms with E-state index in [1.54, 1.807) is 30.3 Å². The molecule has 1 aromatic rings. The Balaban J connectivity index is 2.34. The third-order valence-corrected chi connectivity index (χ3v) is 3.92. The van der Waals surface area contributed by atoms with Crippen LogP contribution in [0.1, 0.15) is 6.92 Å². The fourth-order valence-corrected chi connectivity index (χ4v) is 2.96. The summed E-state index contributed by atoms with van der Waals surface area (Å²) in [6.45, 7) is 0.489. The average molecular weight is 377 g/mol. The highest BCUT2D eigenvalue weighted by atomic mass is 32.3. The minimum atomic E-state index is -4.96. The summed E-state index contributed by atoms with van der Waals surface area (Å²) in [6, 6.07) is 6.99. The number of nitrogens with one attached hydrogen (secondary N) is 1. The van der Waals surface area contributed by atoms with Crippen LogP contribution in [0.5, 0.6) is 5.75 Å². The van der Waals surface area contributed by atoms with Crippen LogP contribution in [0.4, 0.5) is 0 Å². The van der Waals surface area contributed by atoms with Gasteiger partial charge in [-0.3, -0.25) is 9.35 Å². The monoisotopic (exact) mass is 377 g/mol. The van der Waals surface area contributed by atoms with Gasteiger partial charge in [-0.1, -0.05) is 18.2 Å². The molecule has 5 atom stereocenters. The van der Waals surface area contributed by atoms with E-state index >= 15 is 0 Å². The van der Waals surface area contributed by atoms with E-state index in [0.29, 0.717) is 5.75 Å². The fraction of sp³-hybridized carbons (Fsp3) is 0.500. The standard InChI is InChI=1S/C14H19NO9S/c1-8(17)15-11-13(24-25(19,20)21)12(18)10(7-16)23-14(11)22-9-5-3-2-4-6-9/h2-6,10-14,16,18H,7H2,1H3,(H,15,17)(H,19,20,21)/t10-,11-,12+,13-,14?/m1/s1. The Hall–Kier alpha value is -1.76. The van der Waals surface area contributed by atoms with Crippen LogP contribution in [0.3, 0.4) is 0 Å². The van der Waals surface area contributed by atoms with Crippen molar-refractivity contribution in [2.75, 3.05) is 6.61 Å². The van der Waals surface area contributed by atoms with Gasteiger partial charge in [-0.15, -0.1) is 0 Å². The van der Waals surface area contributed by atoms with Crippen molar-refractivity contribution >= 4 is 16.3 Å². The summed E-state index contributed by atoms with van der Waals surface area (Å²) in [5, 5.41) is 21.9. The largest absolute Gasteiger partial charge is 0.463 e. The van der Waals surface area contributed by atoms with Crippen molar-refractivity contribution in [1.82, 2.24) is 5.32 Å². The van der Waals surface area contributed by atoms with Gasteiger partial charge in [-0.05, 0) is 12.1 Å². The summed E-state index contributed by atoms with van der Waals surface area (Å²) < 4.78 is 46.7. The van der Waals surface area contributed by atoms with Gasteiger partial charge < -0.3 is 25.0 Å². The Bertz CT molecular complexity index is 681. The molecule has 2 rings (SSSR count). The molecule has 1 unspecified atom stereocenters. The molecule has 0 aliphatic carbocycles. The zero-order valence-corrected chi connectivity index (χ0v) is 14.0. The van der Waals surface area contributed by atoms with Crippen LogP contribution in [0.2, 0.25) is 0 Å². The Morgan fingerprint density at radius 3 is 2.48 bits per heavy atom. The number of carbonyl (C=O) groups excluding carboxylic acids is 1. The lowest BCUT2D eigenvalue weighted by atomic mass is 9.97. The maximum absolute atomic E-state index is 11.5. The average Bonchev–Trinajstić information content (AvgIpc) is 2.53. The number of carbonyl (C=O) groups is 1. The van der Waals surface area contributed by atoms with E-state index in [-0.39, 0.29) is 0 Å².